The van der Waals surface area contributed by atoms with E-state index in [2.05, 4.69) is 4.98 Å². The number of aliphatic carboxylic acids is 1. The van der Waals surface area contributed by atoms with Crippen LogP contribution in [-0.4, -0.2) is 42.4 Å². The Kier molecular flexibility index (Phi) is 4.52. The first kappa shape index (κ1) is 13.5. The minimum atomic E-state index is -0.961. The molecule has 1 fully saturated rings. The van der Waals surface area contributed by atoms with Gasteiger partial charge in [-0.25, -0.2) is 9.78 Å². The van der Waals surface area contributed by atoms with Crippen LogP contribution in [0.5, 0.6) is 0 Å². The van der Waals surface area contributed by atoms with E-state index in [0.717, 1.165) is 43.5 Å². The highest BCUT2D eigenvalue weighted by molar-refractivity contribution is 5.86. The third-order valence-electron chi connectivity index (χ3n) is 3.09. The lowest BCUT2D eigenvalue weighted by Gasteiger charge is -2.23. The molecule has 0 aliphatic carbocycles. The van der Waals surface area contributed by atoms with Crippen molar-refractivity contribution in [1.82, 2.24) is 4.98 Å². The summed E-state index contributed by atoms with van der Waals surface area (Å²) in [4.78, 5) is 16.9. The van der Waals surface area contributed by atoms with E-state index >= 15 is 0 Å². The normalized spacial score (nSPS) is 18.9. The van der Waals surface area contributed by atoms with E-state index in [1.54, 1.807) is 18.3 Å². The van der Waals surface area contributed by atoms with Crippen molar-refractivity contribution in [3.05, 3.63) is 30.0 Å². The van der Waals surface area contributed by atoms with Crippen molar-refractivity contribution in [3.8, 4) is 0 Å². The highest BCUT2D eigenvalue weighted by Gasteiger charge is 2.18. The third-order valence-corrected chi connectivity index (χ3v) is 3.09. The molecule has 0 saturated carbocycles. The average Bonchev–Trinajstić information content (AvgIpc) is 2.89. The molecule has 102 valence electrons. The lowest BCUT2D eigenvalue weighted by molar-refractivity contribution is -0.131. The molecule has 1 atom stereocenters. The standard InChI is InChI=1S/C14H18N2O3/c1-16(10-12-5-3-9-19-12)14-11(4-2-8-15-14)6-7-13(17)18/h2,4,6-8,12H,3,5,9-10H2,1H3,(H,17,18)/b7-6+. The predicted octanol–water partition coefficient (Wildman–Crippen LogP) is 1.79. The van der Waals surface area contributed by atoms with Crippen molar-refractivity contribution in [2.45, 2.75) is 18.9 Å². The van der Waals surface area contributed by atoms with Gasteiger partial charge in [0.2, 0.25) is 0 Å². The van der Waals surface area contributed by atoms with Crippen LogP contribution in [0.3, 0.4) is 0 Å². The minimum absolute atomic E-state index is 0.239. The van der Waals surface area contributed by atoms with E-state index in [0.29, 0.717) is 0 Å². The zero-order valence-electron chi connectivity index (χ0n) is 11.0. The van der Waals surface area contributed by atoms with Crippen LogP contribution in [0.1, 0.15) is 18.4 Å². The van der Waals surface area contributed by atoms with Crippen molar-refractivity contribution >= 4 is 17.9 Å². The lowest BCUT2D eigenvalue weighted by atomic mass is 10.2. The molecule has 2 heterocycles. The summed E-state index contributed by atoms with van der Waals surface area (Å²) in [6.45, 7) is 1.59. The molecule has 0 radical (unpaired) electrons. The summed E-state index contributed by atoms with van der Waals surface area (Å²) in [5.74, 6) is -0.188. The number of hydrogen-bond donors (Lipinski definition) is 1. The second kappa shape index (κ2) is 6.33. The smallest absolute Gasteiger partial charge is 0.328 e. The summed E-state index contributed by atoms with van der Waals surface area (Å²) in [7, 11) is 1.95. The Morgan fingerprint density at radius 2 is 2.53 bits per heavy atom. The van der Waals surface area contributed by atoms with Crippen LogP contribution in [-0.2, 0) is 9.53 Å². The first-order valence-corrected chi connectivity index (χ1v) is 6.35. The maximum absolute atomic E-state index is 10.6. The van der Waals surface area contributed by atoms with E-state index in [-0.39, 0.29) is 6.10 Å². The van der Waals surface area contributed by atoms with Gasteiger partial charge in [0.25, 0.3) is 0 Å². The number of rotatable bonds is 5. The molecule has 1 unspecified atom stereocenters. The number of carboxylic acid groups (broad SMARTS) is 1. The molecule has 1 saturated heterocycles. The molecule has 0 spiro atoms. The van der Waals surface area contributed by atoms with E-state index in [1.807, 2.05) is 18.0 Å². The number of aromatic nitrogens is 1. The van der Waals surface area contributed by atoms with E-state index < -0.39 is 5.97 Å². The number of anilines is 1. The Morgan fingerprint density at radius 3 is 3.21 bits per heavy atom. The van der Waals surface area contributed by atoms with Gasteiger partial charge in [-0.1, -0.05) is 0 Å². The molecule has 5 heteroatoms. The largest absolute Gasteiger partial charge is 0.478 e. The van der Waals surface area contributed by atoms with Crippen LogP contribution >= 0.6 is 0 Å². The summed E-state index contributed by atoms with van der Waals surface area (Å²) in [6, 6.07) is 3.65. The molecule has 1 aromatic rings. The van der Waals surface area contributed by atoms with Crippen molar-refractivity contribution < 1.29 is 14.6 Å². The van der Waals surface area contributed by atoms with Crippen molar-refractivity contribution in [2.24, 2.45) is 0 Å². The van der Waals surface area contributed by atoms with Gasteiger partial charge in [-0.2, -0.15) is 0 Å². The number of nitrogens with zero attached hydrogens (tertiary/aromatic N) is 2. The summed E-state index contributed by atoms with van der Waals surface area (Å²) in [5, 5.41) is 8.69. The Bertz CT molecular complexity index is 468. The third kappa shape index (κ3) is 3.79. The Morgan fingerprint density at radius 1 is 1.68 bits per heavy atom. The topological polar surface area (TPSA) is 62.7 Å². The van der Waals surface area contributed by atoms with Gasteiger partial charge < -0.3 is 14.7 Å². The molecule has 1 N–H and O–H groups in total. The van der Waals surface area contributed by atoms with Crippen LogP contribution in [0.2, 0.25) is 0 Å². The molecule has 1 aliphatic rings. The molecular weight excluding hydrogens is 244 g/mol. The van der Waals surface area contributed by atoms with Gasteiger partial charge >= 0.3 is 5.97 Å². The van der Waals surface area contributed by atoms with Crippen LogP contribution in [0.15, 0.2) is 24.4 Å². The summed E-state index contributed by atoms with van der Waals surface area (Å²) in [5.41, 5.74) is 0.797. The molecule has 0 amide bonds. The fourth-order valence-electron chi connectivity index (χ4n) is 2.20. The predicted molar refractivity (Wildman–Crippen MR) is 73.2 cm³/mol. The van der Waals surface area contributed by atoms with Crippen LogP contribution in [0.4, 0.5) is 5.82 Å². The van der Waals surface area contributed by atoms with Gasteiger partial charge in [-0.15, -0.1) is 0 Å². The van der Waals surface area contributed by atoms with Gasteiger partial charge in [-0.05, 0) is 31.1 Å². The molecule has 5 nitrogen and oxygen atoms in total. The number of hydrogen-bond acceptors (Lipinski definition) is 4. The summed E-state index contributed by atoms with van der Waals surface area (Å²) >= 11 is 0. The van der Waals surface area contributed by atoms with E-state index in [1.165, 1.54) is 0 Å². The molecule has 2 rings (SSSR count). The fraction of sp³-hybridized carbons (Fsp3) is 0.429. The Hall–Kier alpha value is -1.88. The first-order chi connectivity index (χ1) is 9.16. The molecule has 1 aliphatic heterocycles. The number of pyridine rings is 1. The zero-order chi connectivity index (χ0) is 13.7. The maximum atomic E-state index is 10.6. The van der Waals surface area contributed by atoms with E-state index in [9.17, 15) is 4.79 Å². The summed E-state index contributed by atoms with van der Waals surface area (Å²) < 4.78 is 5.60. The van der Waals surface area contributed by atoms with Crippen molar-refractivity contribution in [3.63, 3.8) is 0 Å². The fourth-order valence-corrected chi connectivity index (χ4v) is 2.20. The van der Waals surface area contributed by atoms with Crippen molar-refractivity contribution in [1.29, 1.82) is 0 Å². The van der Waals surface area contributed by atoms with Crippen LogP contribution in [0, 0.1) is 0 Å². The lowest BCUT2D eigenvalue weighted by Crippen LogP contribution is -2.29. The highest BCUT2D eigenvalue weighted by Crippen LogP contribution is 2.20. The molecule has 0 aromatic carbocycles. The number of carbonyl (C=O) groups is 1. The van der Waals surface area contributed by atoms with Gasteiger partial charge in [-0.3, -0.25) is 0 Å². The molecule has 19 heavy (non-hydrogen) atoms. The minimum Gasteiger partial charge on any atom is -0.478 e. The van der Waals surface area contributed by atoms with Crippen LogP contribution < -0.4 is 4.90 Å². The molecular formula is C14H18N2O3. The summed E-state index contributed by atoms with van der Waals surface area (Å²) in [6.07, 6.45) is 6.81. The van der Waals surface area contributed by atoms with Gasteiger partial charge in [0.15, 0.2) is 0 Å². The zero-order valence-corrected chi connectivity index (χ0v) is 11.0. The Balaban J connectivity index is 2.11. The number of carboxylic acids is 1. The molecule has 0 bridgehead atoms. The van der Waals surface area contributed by atoms with Crippen LogP contribution in [0.25, 0.3) is 6.08 Å². The number of likely N-dealkylation sites (N-methyl/N-ethyl adjacent to an activating group) is 1. The quantitative estimate of drug-likeness (QED) is 0.820. The SMILES string of the molecule is CN(CC1CCCO1)c1ncccc1/C=C/C(=O)O. The van der Waals surface area contributed by atoms with E-state index in [4.69, 9.17) is 9.84 Å². The van der Waals surface area contributed by atoms with Crippen molar-refractivity contribution in [2.75, 3.05) is 25.1 Å². The van der Waals surface area contributed by atoms with Gasteiger partial charge in [0.05, 0.1) is 6.10 Å². The highest BCUT2D eigenvalue weighted by atomic mass is 16.5. The van der Waals surface area contributed by atoms with Gasteiger partial charge in [0.1, 0.15) is 5.82 Å². The van der Waals surface area contributed by atoms with Gasteiger partial charge in [0, 0.05) is 38.0 Å². The average molecular weight is 262 g/mol. The maximum Gasteiger partial charge on any atom is 0.328 e. The first-order valence-electron chi connectivity index (χ1n) is 6.35. The second-order valence-corrected chi connectivity index (χ2v) is 4.60. The monoisotopic (exact) mass is 262 g/mol. The number of ether oxygens (including phenoxy) is 1. The Labute approximate surface area is 112 Å². The second-order valence-electron chi connectivity index (χ2n) is 4.60. The molecule has 1 aromatic heterocycles.